The number of nitrogens with one attached hydrogen (secondary N) is 1. The number of rotatable bonds is 4. The van der Waals surface area contributed by atoms with E-state index in [2.05, 4.69) is 5.32 Å². The van der Waals surface area contributed by atoms with Crippen molar-refractivity contribution in [1.29, 1.82) is 5.26 Å². The van der Waals surface area contributed by atoms with Gasteiger partial charge < -0.3 is 10.2 Å². The van der Waals surface area contributed by atoms with Crippen LogP contribution in [0.4, 0.5) is 15.8 Å². The number of nitro benzene ring substituents is 1. The van der Waals surface area contributed by atoms with Crippen molar-refractivity contribution >= 4 is 17.3 Å². The topological polar surface area (TPSA) is 99.3 Å². The number of carbonyl (C=O) groups excluding carboxylic acids is 1. The number of hydrogen-bond donors (Lipinski definition) is 1. The highest BCUT2D eigenvalue weighted by Gasteiger charge is 2.26. The number of nitrogens with zero attached hydrogens (tertiary/aromatic N) is 3. The third kappa shape index (κ3) is 3.93. The van der Waals surface area contributed by atoms with Gasteiger partial charge in [0, 0.05) is 36.4 Å². The number of hydrogen-bond acceptors (Lipinski definition) is 5. The van der Waals surface area contributed by atoms with Gasteiger partial charge in [0.05, 0.1) is 22.1 Å². The van der Waals surface area contributed by atoms with E-state index in [0.29, 0.717) is 37.2 Å². The number of carbonyl (C=O) groups is 1. The lowest BCUT2D eigenvalue weighted by atomic mass is 10.0. The zero-order valence-electron chi connectivity index (χ0n) is 15.3. The highest BCUT2D eigenvalue weighted by Crippen LogP contribution is 2.29. The molecular weight excluding hydrogens is 363 g/mol. The van der Waals surface area contributed by atoms with Crippen molar-refractivity contribution in [3.63, 3.8) is 0 Å². The molecule has 1 N–H and O–H groups in total. The molecule has 1 heterocycles. The lowest BCUT2D eigenvalue weighted by molar-refractivity contribution is -0.385. The first kappa shape index (κ1) is 19.3. The Bertz CT molecular complexity index is 962. The van der Waals surface area contributed by atoms with Crippen LogP contribution >= 0.6 is 0 Å². The summed E-state index contributed by atoms with van der Waals surface area (Å²) in [7, 11) is 0. The molecule has 7 nitrogen and oxygen atoms in total. The number of nitro groups is 1. The number of piperidine rings is 1. The third-order valence-electron chi connectivity index (χ3n) is 4.95. The third-order valence-corrected chi connectivity index (χ3v) is 4.95. The molecule has 1 aliphatic heterocycles. The number of amides is 1. The molecule has 1 fully saturated rings. The summed E-state index contributed by atoms with van der Waals surface area (Å²) in [6.45, 7) is 2.53. The molecule has 144 valence electrons. The summed E-state index contributed by atoms with van der Waals surface area (Å²) in [5, 5.41) is 23.6. The molecule has 1 amide bonds. The van der Waals surface area contributed by atoms with Crippen molar-refractivity contribution in [2.45, 2.75) is 25.8 Å². The van der Waals surface area contributed by atoms with Crippen LogP contribution in [0.15, 0.2) is 36.4 Å². The first-order valence-corrected chi connectivity index (χ1v) is 8.90. The van der Waals surface area contributed by atoms with Crippen LogP contribution in [0.25, 0.3) is 0 Å². The van der Waals surface area contributed by atoms with Gasteiger partial charge in [0.1, 0.15) is 5.82 Å². The van der Waals surface area contributed by atoms with Crippen LogP contribution in [0, 0.1) is 34.2 Å². The van der Waals surface area contributed by atoms with Crippen LogP contribution in [0.1, 0.15) is 34.3 Å². The monoisotopic (exact) mass is 382 g/mol. The zero-order chi connectivity index (χ0) is 20.3. The average molecular weight is 382 g/mol. The SMILES string of the molecule is Cc1c(NC2CCN(C(=O)c3ccccc3F)CC2)cc(C#N)cc1[N+](=O)[O-]. The lowest BCUT2D eigenvalue weighted by Gasteiger charge is -2.33. The summed E-state index contributed by atoms with van der Waals surface area (Å²) in [5.74, 6) is -0.876. The molecule has 8 heteroatoms. The van der Waals surface area contributed by atoms with E-state index in [4.69, 9.17) is 5.26 Å². The Hall–Kier alpha value is -3.47. The Morgan fingerprint density at radius 3 is 2.61 bits per heavy atom. The number of likely N-dealkylation sites (tertiary alicyclic amines) is 1. The lowest BCUT2D eigenvalue weighted by Crippen LogP contribution is -2.42. The summed E-state index contributed by atoms with van der Waals surface area (Å²) < 4.78 is 13.8. The molecule has 2 aromatic rings. The molecule has 1 saturated heterocycles. The van der Waals surface area contributed by atoms with Gasteiger partial charge in [-0.05, 0) is 38.0 Å². The van der Waals surface area contributed by atoms with Crippen LogP contribution in [-0.2, 0) is 0 Å². The minimum atomic E-state index is -0.538. The molecule has 0 unspecified atom stereocenters. The number of halogens is 1. The zero-order valence-corrected chi connectivity index (χ0v) is 15.3. The van der Waals surface area contributed by atoms with Gasteiger partial charge in [0.25, 0.3) is 11.6 Å². The van der Waals surface area contributed by atoms with Gasteiger partial charge in [-0.2, -0.15) is 5.26 Å². The summed E-state index contributed by atoms with van der Waals surface area (Å²) in [6.07, 6.45) is 1.23. The second-order valence-corrected chi connectivity index (χ2v) is 6.73. The van der Waals surface area contributed by atoms with Gasteiger partial charge in [-0.1, -0.05) is 12.1 Å². The van der Waals surface area contributed by atoms with E-state index in [1.54, 1.807) is 30.0 Å². The van der Waals surface area contributed by atoms with E-state index in [-0.39, 0.29) is 28.8 Å². The van der Waals surface area contributed by atoms with Gasteiger partial charge in [0.2, 0.25) is 0 Å². The van der Waals surface area contributed by atoms with Crippen LogP contribution in [0.2, 0.25) is 0 Å². The summed E-state index contributed by atoms with van der Waals surface area (Å²) in [6, 6.07) is 10.7. The summed E-state index contributed by atoms with van der Waals surface area (Å²) in [4.78, 5) is 24.8. The van der Waals surface area contributed by atoms with E-state index in [1.165, 1.54) is 18.2 Å². The molecule has 0 radical (unpaired) electrons. The fourth-order valence-corrected chi connectivity index (χ4v) is 3.35. The summed E-state index contributed by atoms with van der Waals surface area (Å²) >= 11 is 0. The van der Waals surface area contributed by atoms with E-state index in [9.17, 15) is 19.3 Å². The highest BCUT2D eigenvalue weighted by atomic mass is 19.1. The van der Waals surface area contributed by atoms with Crippen molar-refractivity contribution in [2.75, 3.05) is 18.4 Å². The molecular formula is C20H19FN4O3. The Kier molecular flexibility index (Phi) is 5.54. The minimum absolute atomic E-state index is 0.00285. The molecule has 28 heavy (non-hydrogen) atoms. The normalized spacial score (nSPS) is 14.4. The molecule has 0 aromatic heterocycles. The highest BCUT2D eigenvalue weighted by molar-refractivity contribution is 5.94. The molecule has 0 spiro atoms. The van der Waals surface area contributed by atoms with Crippen LogP contribution in [-0.4, -0.2) is 34.9 Å². The quantitative estimate of drug-likeness (QED) is 0.643. The fraction of sp³-hybridized carbons (Fsp3) is 0.300. The van der Waals surface area contributed by atoms with Gasteiger partial charge in [-0.25, -0.2) is 4.39 Å². The predicted octanol–water partition coefficient (Wildman–Crippen LogP) is 3.63. The summed E-state index contributed by atoms with van der Waals surface area (Å²) in [5.41, 5.74) is 1.18. The van der Waals surface area contributed by atoms with Crippen molar-refractivity contribution in [3.05, 3.63) is 69.0 Å². The average Bonchev–Trinajstić information content (AvgIpc) is 2.69. The number of benzene rings is 2. The first-order valence-electron chi connectivity index (χ1n) is 8.90. The maximum atomic E-state index is 13.8. The molecule has 0 bridgehead atoms. The maximum Gasteiger partial charge on any atom is 0.275 e. The molecule has 0 atom stereocenters. The maximum absolute atomic E-state index is 13.8. The van der Waals surface area contributed by atoms with E-state index in [1.807, 2.05) is 6.07 Å². The van der Waals surface area contributed by atoms with Crippen molar-refractivity contribution in [1.82, 2.24) is 4.90 Å². The molecule has 2 aromatic carbocycles. The molecule has 0 saturated carbocycles. The number of anilines is 1. The van der Waals surface area contributed by atoms with Crippen LogP contribution in [0.3, 0.4) is 0 Å². The Labute approximate surface area is 161 Å². The second kappa shape index (κ2) is 8.05. The first-order chi connectivity index (χ1) is 13.4. The Morgan fingerprint density at radius 2 is 2.00 bits per heavy atom. The predicted molar refractivity (Wildman–Crippen MR) is 101 cm³/mol. The van der Waals surface area contributed by atoms with Gasteiger partial charge in [-0.3, -0.25) is 14.9 Å². The fourth-order valence-electron chi connectivity index (χ4n) is 3.35. The molecule has 0 aliphatic carbocycles. The van der Waals surface area contributed by atoms with Gasteiger partial charge >= 0.3 is 0 Å². The smallest absolute Gasteiger partial charge is 0.275 e. The van der Waals surface area contributed by atoms with Gasteiger partial charge in [-0.15, -0.1) is 0 Å². The number of nitriles is 1. The molecule has 3 rings (SSSR count). The van der Waals surface area contributed by atoms with E-state index in [0.717, 1.165) is 0 Å². The van der Waals surface area contributed by atoms with Crippen LogP contribution < -0.4 is 5.32 Å². The van der Waals surface area contributed by atoms with Crippen molar-refractivity contribution in [2.24, 2.45) is 0 Å². The van der Waals surface area contributed by atoms with Crippen molar-refractivity contribution in [3.8, 4) is 6.07 Å². The Balaban J connectivity index is 1.69. The van der Waals surface area contributed by atoms with Gasteiger partial charge in [0.15, 0.2) is 0 Å². The largest absolute Gasteiger partial charge is 0.382 e. The Morgan fingerprint density at radius 1 is 1.32 bits per heavy atom. The second-order valence-electron chi connectivity index (χ2n) is 6.73. The van der Waals surface area contributed by atoms with E-state index < -0.39 is 10.7 Å². The molecule has 1 aliphatic rings. The van der Waals surface area contributed by atoms with E-state index >= 15 is 0 Å². The van der Waals surface area contributed by atoms with Crippen molar-refractivity contribution < 1.29 is 14.1 Å². The van der Waals surface area contributed by atoms with Crippen LogP contribution in [0.5, 0.6) is 0 Å². The standard InChI is InChI=1S/C20H19FN4O3/c1-13-18(10-14(12-22)11-19(13)25(27)28)23-15-6-8-24(9-7-15)20(26)16-4-2-3-5-17(16)21/h2-5,10-11,15,23H,6-9H2,1H3. The minimum Gasteiger partial charge on any atom is -0.382 e.